The summed E-state index contributed by atoms with van der Waals surface area (Å²) in [5.41, 5.74) is 8.11. The third kappa shape index (κ3) is 4.64. The van der Waals surface area contributed by atoms with Crippen molar-refractivity contribution in [1.82, 2.24) is 24.8 Å². The third-order valence-corrected chi connectivity index (χ3v) is 7.12. The van der Waals surface area contributed by atoms with E-state index in [4.69, 9.17) is 10.3 Å². The highest BCUT2D eigenvalue weighted by molar-refractivity contribution is 7.89. The van der Waals surface area contributed by atoms with Crippen LogP contribution in [0.5, 0.6) is 0 Å². The van der Waals surface area contributed by atoms with Gasteiger partial charge in [0.15, 0.2) is 17.3 Å². The largest absolute Gasteiger partial charge is 0.393 e. The van der Waals surface area contributed by atoms with E-state index in [9.17, 15) is 13.5 Å². The number of nitrogens with one attached hydrogen (secondary N) is 1. The Labute approximate surface area is 186 Å². The first-order valence-corrected chi connectivity index (χ1v) is 12.0. The summed E-state index contributed by atoms with van der Waals surface area (Å²) in [6.45, 7) is 3.76. The molecule has 170 valence electrons. The Morgan fingerprint density at radius 2 is 1.97 bits per heavy atom. The zero-order valence-corrected chi connectivity index (χ0v) is 18.8. The van der Waals surface area contributed by atoms with E-state index in [0.29, 0.717) is 49.2 Å². The minimum absolute atomic E-state index is 0.135. The molecule has 1 aliphatic carbocycles. The Morgan fingerprint density at radius 3 is 2.66 bits per heavy atom. The van der Waals surface area contributed by atoms with Gasteiger partial charge in [-0.15, -0.1) is 0 Å². The number of aliphatic hydroxyl groups excluding tert-OH is 1. The maximum Gasteiger partial charge on any atom is 0.280 e. The number of hydrogen-bond acceptors (Lipinski definition) is 9. The number of nitrogen functional groups attached to an aromatic ring is 1. The average molecular weight is 459 g/mol. The number of aryl methyl sites for hydroxylation is 2. The summed E-state index contributed by atoms with van der Waals surface area (Å²) < 4.78 is 34.0. The van der Waals surface area contributed by atoms with Crippen LogP contribution in [0.25, 0.3) is 22.8 Å². The topological polar surface area (TPSA) is 157 Å². The van der Waals surface area contributed by atoms with Crippen molar-refractivity contribution in [3.63, 3.8) is 0 Å². The van der Waals surface area contributed by atoms with Gasteiger partial charge in [0.05, 0.1) is 22.9 Å². The SMILES string of the molecule is CCc1noc(-c2nc(-c3cc(S(=O)(=O)N[C@H]4CC[C@H](O)CC4)ccc3C)cnc2N)n1. The number of hydrogen-bond donors (Lipinski definition) is 3. The van der Waals surface area contributed by atoms with Gasteiger partial charge in [0.2, 0.25) is 10.0 Å². The number of sulfonamides is 1. The molecule has 10 nitrogen and oxygen atoms in total. The smallest absolute Gasteiger partial charge is 0.280 e. The summed E-state index contributed by atoms with van der Waals surface area (Å²) in [5, 5.41) is 13.5. The normalized spacial score (nSPS) is 19.2. The van der Waals surface area contributed by atoms with E-state index >= 15 is 0 Å². The number of rotatable bonds is 6. The second-order valence-electron chi connectivity index (χ2n) is 7.96. The summed E-state index contributed by atoms with van der Waals surface area (Å²) in [4.78, 5) is 13.1. The lowest BCUT2D eigenvalue weighted by molar-refractivity contribution is 0.120. The van der Waals surface area contributed by atoms with Crippen LogP contribution in [0, 0.1) is 6.92 Å². The Balaban J connectivity index is 1.66. The molecule has 32 heavy (non-hydrogen) atoms. The molecule has 0 bridgehead atoms. The molecule has 11 heteroatoms. The van der Waals surface area contributed by atoms with E-state index in [2.05, 4.69) is 24.8 Å². The molecule has 0 radical (unpaired) electrons. The van der Waals surface area contributed by atoms with Gasteiger partial charge in [-0.1, -0.05) is 18.1 Å². The highest BCUT2D eigenvalue weighted by Gasteiger charge is 2.25. The van der Waals surface area contributed by atoms with Crippen molar-refractivity contribution in [2.45, 2.75) is 63.0 Å². The Hall–Kier alpha value is -2.89. The highest BCUT2D eigenvalue weighted by Crippen LogP contribution is 2.29. The van der Waals surface area contributed by atoms with Crippen molar-refractivity contribution in [3.05, 3.63) is 35.8 Å². The molecule has 4 N–H and O–H groups in total. The van der Waals surface area contributed by atoms with Crippen molar-refractivity contribution in [2.75, 3.05) is 5.73 Å². The predicted octanol–water partition coefficient (Wildman–Crippen LogP) is 2.23. The fraction of sp³-hybridized carbons (Fsp3) is 0.429. The lowest BCUT2D eigenvalue weighted by Gasteiger charge is -2.26. The molecule has 1 aliphatic rings. The minimum Gasteiger partial charge on any atom is -0.393 e. The number of anilines is 1. The fourth-order valence-electron chi connectivity index (χ4n) is 3.70. The minimum atomic E-state index is -3.74. The first-order valence-electron chi connectivity index (χ1n) is 10.5. The fourth-order valence-corrected chi connectivity index (χ4v) is 5.04. The number of aliphatic hydroxyl groups is 1. The number of nitrogens with two attached hydrogens (primary N) is 1. The van der Waals surface area contributed by atoms with Gasteiger partial charge in [-0.2, -0.15) is 4.98 Å². The van der Waals surface area contributed by atoms with Gasteiger partial charge in [-0.25, -0.2) is 23.1 Å². The highest BCUT2D eigenvalue weighted by atomic mass is 32.2. The zero-order valence-electron chi connectivity index (χ0n) is 17.9. The van der Waals surface area contributed by atoms with E-state index in [0.717, 1.165) is 5.56 Å². The van der Waals surface area contributed by atoms with E-state index in [1.54, 1.807) is 18.2 Å². The molecule has 2 heterocycles. The molecule has 1 saturated carbocycles. The van der Waals surface area contributed by atoms with Gasteiger partial charge in [-0.3, -0.25) is 0 Å². The van der Waals surface area contributed by atoms with Crippen molar-refractivity contribution in [1.29, 1.82) is 0 Å². The Morgan fingerprint density at radius 1 is 1.22 bits per heavy atom. The summed E-state index contributed by atoms with van der Waals surface area (Å²) in [6.07, 6.45) is 4.13. The van der Waals surface area contributed by atoms with Crippen LogP contribution in [0.15, 0.2) is 33.8 Å². The summed E-state index contributed by atoms with van der Waals surface area (Å²) >= 11 is 0. The average Bonchev–Trinajstić information content (AvgIpc) is 3.25. The molecule has 0 saturated heterocycles. The number of nitrogens with zero attached hydrogens (tertiary/aromatic N) is 4. The second kappa shape index (κ2) is 8.93. The monoisotopic (exact) mass is 458 g/mol. The van der Waals surface area contributed by atoms with Gasteiger partial charge >= 0.3 is 0 Å². The first kappa shape index (κ1) is 22.3. The molecule has 0 atom stereocenters. The molecular weight excluding hydrogens is 432 g/mol. The van der Waals surface area contributed by atoms with Crippen LogP contribution in [-0.4, -0.2) is 45.8 Å². The van der Waals surface area contributed by atoms with Crippen LogP contribution in [0.2, 0.25) is 0 Å². The van der Waals surface area contributed by atoms with Crippen LogP contribution in [0.1, 0.15) is 44.0 Å². The van der Waals surface area contributed by atoms with Gasteiger partial charge in [0.1, 0.15) is 0 Å². The molecule has 0 unspecified atom stereocenters. The molecule has 4 rings (SSSR count). The van der Waals surface area contributed by atoms with E-state index in [-0.39, 0.29) is 34.4 Å². The van der Waals surface area contributed by atoms with E-state index in [1.807, 2.05) is 13.8 Å². The van der Waals surface area contributed by atoms with Gasteiger partial charge < -0.3 is 15.4 Å². The maximum absolute atomic E-state index is 13.0. The molecule has 0 amide bonds. The summed E-state index contributed by atoms with van der Waals surface area (Å²) in [5.74, 6) is 0.830. The number of aromatic nitrogens is 4. The van der Waals surface area contributed by atoms with Crippen LogP contribution >= 0.6 is 0 Å². The molecule has 3 aromatic rings. The third-order valence-electron chi connectivity index (χ3n) is 5.60. The molecule has 1 fully saturated rings. The first-order chi connectivity index (χ1) is 15.3. The maximum atomic E-state index is 13.0. The summed E-state index contributed by atoms with van der Waals surface area (Å²) in [6, 6.07) is 4.68. The van der Waals surface area contributed by atoms with Crippen LogP contribution in [-0.2, 0) is 16.4 Å². The van der Waals surface area contributed by atoms with Crippen LogP contribution < -0.4 is 10.5 Å². The van der Waals surface area contributed by atoms with Crippen LogP contribution in [0.4, 0.5) is 5.82 Å². The molecule has 2 aromatic heterocycles. The van der Waals surface area contributed by atoms with Crippen molar-refractivity contribution < 1.29 is 18.0 Å². The molecule has 1 aromatic carbocycles. The van der Waals surface area contributed by atoms with E-state index in [1.165, 1.54) is 6.20 Å². The lowest BCUT2D eigenvalue weighted by Crippen LogP contribution is -2.38. The standard InChI is InChI=1S/C21H26N6O4S/c1-3-18-25-21(31-26-18)19-20(22)23-11-17(24-19)16-10-15(9-4-12(16)2)32(29,30)27-13-5-7-14(28)8-6-13/h4,9-11,13-14,27-28H,3,5-8H2,1-2H3,(H2,22,23)/t13-,14-. The second-order valence-corrected chi connectivity index (χ2v) is 9.68. The Kier molecular flexibility index (Phi) is 6.22. The zero-order chi connectivity index (χ0) is 22.9. The van der Waals surface area contributed by atoms with Crippen molar-refractivity contribution in [3.8, 4) is 22.8 Å². The lowest BCUT2D eigenvalue weighted by atomic mass is 9.94. The molecular formula is C21H26N6O4S. The van der Waals surface area contributed by atoms with E-state index < -0.39 is 10.0 Å². The molecule has 0 aliphatic heterocycles. The van der Waals surface area contributed by atoms with Crippen molar-refractivity contribution >= 4 is 15.8 Å². The quantitative estimate of drug-likeness (QED) is 0.504. The van der Waals surface area contributed by atoms with Gasteiger partial charge in [-0.05, 0) is 50.3 Å². The predicted molar refractivity (Wildman–Crippen MR) is 118 cm³/mol. The van der Waals surface area contributed by atoms with Gasteiger partial charge in [0, 0.05) is 18.0 Å². The Bertz CT molecular complexity index is 1220. The van der Waals surface area contributed by atoms with Crippen molar-refractivity contribution in [2.24, 2.45) is 0 Å². The summed E-state index contributed by atoms with van der Waals surface area (Å²) in [7, 11) is -3.74. The molecule has 0 spiro atoms. The van der Waals surface area contributed by atoms with Crippen LogP contribution in [0.3, 0.4) is 0 Å². The van der Waals surface area contributed by atoms with Gasteiger partial charge in [0.25, 0.3) is 5.89 Å². The number of benzene rings is 1.